The van der Waals surface area contributed by atoms with Crippen LogP contribution in [0.5, 0.6) is 0 Å². The minimum absolute atomic E-state index is 0. The van der Waals surface area contributed by atoms with E-state index >= 15 is 0 Å². The van der Waals surface area contributed by atoms with Crippen molar-refractivity contribution < 1.29 is 0 Å². The molecule has 3 N–H and O–H groups in total. The fourth-order valence-electron chi connectivity index (χ4n) is 1.49. The lowest BCUT2D eigenvalue weighted by atomic mass is 10.2. The molecule has 0 fully saturated rings. The highest BCUT2D eigenvalue weighted by atomic mass is 79.9. The molecule has 0 saturated heterocycles. The summed E-state index contributed by atoms with van der Waals surface area (Å²) in [6.07, 6.45) is 3.08. The lowest BCUT2D eigenvalue weighted by molar-refractivity contribution is 0.994. The van der Waals surface area contributed by atoms with Gasteiger partial charge in [0.15, 0.2) is 0 Å². The van der Waals surface area contributed by atoms with Gasteiger partial charge in [0.2, 0.25) is 5.96 Å². The third-order valence-electron chi connectivity index (χ3n) is 2.58. The number of nitrogens with one attached hydrogen (secondary N) is 1. The van der Waals surface area contributed by atoms with Crippen LogP contribution in [0.1, 0.15) is 11.1 Å². The van der Waals surface area contributed by atoms with Crippen molar-refractivity contribution in [2.45, 2.75) is 0 Å². The van der Waals surface area contributed by atoms with Crippen LogP contribution >= 0.6 is 51.8 Å². The number of hydrogen-bond donors (Lipinski definition) is 2. The minimum Gasteiger partial charge on any atom is -0.367 e. The van der Waals surface area contributed by atoms with Gasteiger partial charge in [-0.3, -0.25) is 0 Å². The molecule has 24 heavy (non-hydrogen) atoms. The van der Waals surface area contributed by atoms with E-state index in [1.165, 1.54) is 6.21 Å². The molecule has 2 rings (SSSR count). The Balaban J connectivity index is 0.00000288. The summed E-state index contributed by atoms with van der Waals surface area (Å²) < 4.78 is 0. The summed E-state index contributed by atoms with van der Waals surface area (Å²) in [4.78, 5) is 0. The van der Waals surface area contributed by atoms with Gasteiger partial charge in [0, 0.05) is 5.02 Å². The lowest BCUT2D eigenvalue weighted by Gasteiger charge is -1.98. The maximum absolute atomic E-state index is 5.90. The van der Waals surface area contributed by atoms with Crippen LogP contribution in [0.3, 0.4) is 0 Å². The first-order valence-electron chi connectivity index (χ1n) is 6.41. The summed E-state index contributed by atoms with van der Waals surface area (Å²) in [5.41, 5.74) is 9.79. The van der Waals surface area contributed by atoms with Gasteiger partial charge in [-0.2, -0.15) is 10.2 Å². The maximum atomic E-state index is 5.90. The molecular formula is C15H13BrCl3N5. The fraction of sp³-hybridized carbons (Fsp3) is 0. The van der Waals surface area contributed by atoms with Gasteiger partial charge in [-0.25, -0.2) is 5.43 Å². The van der Waals surface area contributed by atoms with Gasteiger partial charge in [-0.15, -0.1) is 22.1 Å². The van der Waals surface area contributed by atoms with Gasteiger partial charge in [0.05, 0.1) is 22.5 Å². The number of guanidine groups is 1. The number of nitrogens with two attached hydrogens (primary N) is 1. The lowest BCUT2D eigenvalue weighted by Crippen LogP contribution is -2.26. The monoisotopic (exact) mass is 447 g/mol. The number of hydrogen-bond acceptors (Lipinski definition) is 3. The highest BCUT2D eigenvalue weighted by molar-refractivity contribution is 8.93. The van der Waals surface area contributed by atoms with Crippen LogP contribution in [0.25, 0.3) is 0 Å². The van der Waals surface area contributed by atoms with Crippen LogP contribution in [-0.4, -0.2) is 18.4 Å². The quantitative estimate of drug-likeness (QED) is 0.410. The van der Waals surface area contributed by atoms with Gasteiger partial charge in [-0.05, 0) is 35.4 Å². The summed E-state index contributed by atoms with van der Waals surface area (Å²) in [5, 5.41) is 13.1. The van der Waals surface area contributed by atoms with Gasteiger partial charge in [0.1, 0.15) is 0 Å². The van der Waals surface area contributed by atoms with E-state index in [0.717, 1.165) is 11.1 Å². The summed E-state index contributed by atoms with van der Waals surface area (Å²) in [7, 11) is 0. The Labute approximate surface area is 165 Å². The van der Waals surface area contributed by atoms with Crippen LogP contribution in [0.4, 0.5) is 0 Å². The molecule has 0 aliphatic rings. The molecule has 0 radical (unpaired) electrons. The molecule has 0 aromatic heterocycles. The standard InChI is InChI=1S/C15H12Cl3N5.BrH/c16-12-4-1-10(2-5-12)8-20-22-15(19)23-21-9-11-3-6-13(17)14(18)7-11;/h1-9H,(H3,19,22,23);1H. The topological polar surface area (TPSA) is 75.1 Å². The Morgan fingerprint density at radius 1 is 0.917 bits per heavy atom. The average molecular weight is 450 g/mol. The van der Waals surface area contributed by atoms with E-state index in [0.29, 0.717) is 15.1 Å². The summed E-state index contributed by atoms with van der Waals surface area (Å²) in [6.45, 7) is 0. The molecule has 2 aromatic rings. The Hall–Kier alpha value is -1.60. The van der Waals surface area contributed by atoms with Gasteiger partial charge < -0.3 is 5.73 Å². The SMILES string of the molecule is Br.NC(=NN=Cc1ccc(Cl)cc1)NN=Cc1ccc(Cl)c(Cl)c1. The van der Waals surface area contributed by atoms with Crippen molar-refractivity contribution in [2.75, 3.05) is 0 Å². The average Bonchev–Trinajstić information content (AvgIpc) is 2.53. The second kappa shape index (κ2) is 10.3. The third-order valence-corrected chi connectivity index (χ3v) is 3.57. The van der Waals surface area contributed by atoms with E-state index in [2.05, 4.69) is 20.7 Å². The molecule has 5 nitrogen and oxygen atoms in total. The molecule has 0 aliphatic heterocycles. The van der Waals surface area contributed by atoms with Crippen molar-refractivity contribution in [3.8, 4) is 0 Å². The first-order chi connectivity index (χ1) is 11.0. The first kappa shape index (κ1) is 20.4. The van der Waals surface area contributed by atoms with Crippen molar-refractivity contribution in [3.05, 3.63) is 68.7 Å². The second-order valence-electron chi connectivity index (χ2n) is 4.32. The molecule has 9 heteroatoms. The summed E-state index contributed by atoms with van der Waals surface area (Å²) in [5.74, 6) is 0.0477. The molecule has 0 unspecified atom stereocenters. The molecule has 0 spiro atoms. The van der Waals surface area contributed by atoms with E-state index in [9.17, 15) is 0 Å². The number of rotatable bonds is 4. The Morgan fingerprint density at radius 3 is 2.25 bits per heavy atom. The van der Waals surface area contributed by atoms with Crippen molar-refractivity contribution in [2.24, 2.45) is 21.0 Å². The Bertz CT molecular complexity index is 760. The smallest absolute Gasteiger partial charge is 0.234 e. The molecule has 0 atom stereocenters. The third kappa shape index (κ3) is 6.88. The molecule has 0 aliphatic carbocycles. The molecular weight excluding hydrogens is 436 g/mol. The zero-order valence-corrected chi connectivity index (χ0v) is 16.1. The van der Waals surface area contributed by atoms with E-state index in [1.54, 1.807) is 36.5 Å². The van der Waals surface area contributed by atoms with Gasteiger partial charge >= 0.3 is 0 Å². The number of halogens is 4. The van der Waals surface area contributed by atoms with Crippen LogP contribution in [-0.2, 0) is 0 Å². The van der Waals surface area contributed by atoms with Crippen molar-refractivity contribution in [1.82, 2.24) is 5.43 Å². The molecule has 0 saturated carbocycles. The number of nitrogens with zero attached hydrogens (tertiary/aromatic N) is 3. The fourth-order valence-corrected chi connectivity index (χ4v) is 1.93. The Kier molecular flexibility index (Phi) is 8.78. The zero-order chi connectivity index (χ0) is 16.7. The molecule has 0 heterocycles. The molecule has 0 amide bonds. The second-order valence-corrected chi connectivity index (χ2v) is 5.58. The van der Waals surface area contributed by atoms with Crippen LogP contribution in [0.15, 0.2) is 57.8 Å². The molecule has 0 bridgehead atoms. The predicted molar refractivity (Wildman–Crippen MR) is 108 cm³/mol. The number of hydrazone groups is 1. The zero-order valence-electron chi connectivity index (χ0n) is 12.2. The first-order valence-corrected chi connectivity index (χ1v) is 7.54. The summed E-state index contributed by atoms with van der Waals surface area (Å²) in [6, 6.07) is 12.3. The van der Waals surface area contributed by atoms with Crippen molar-refractivity contribution in [3.63, 3.8) is 0 Å². The highest BCUT2D eigenvalue weighted by Gasteiger charge is 1.97. The normalized spacial score (nSPS) is 11.7. The molecule has 126 valence electrons. The highest BCUT2D eigenvalue weighted by Crippen LogP contribution is 2.21. The van der Waals surface area contributed by atoms with Gasteiger partial charge in [-0.1, -0.05) is 53.0 Å². The van der Waals surface area contributed by atoms with Crippen molar-refractivity contribution in [1.29, 1.82) is 0 Å². The van der Waals surface area contributed by atoms with Crippen LogP contribution < -0.4 is 11.2 Å². The van der Waals surface area contributed by atoms with Gasteiger partial charge in [0.25, 0.3) is 0 Å². The van der Waals surface area contributed by atoms with E-state index in [4.69, 9.17) is 40.5 Å². The van der Waals surface area contributed by atoms with Crippen LogP contribution in [0.2, 0.25) is 15.1 Å². The minimum atomic E-state index is 0. The van der Waals surface area contributed by atoms with E-state index in [1.807, 2.05) is 12.1 Å². The van der Waals surface area contributed by atoms with Crippen LogP contribution in [0, 0.1) is 0 Å². The summed E-state index contributed by atoms with van der Waals surface area (Å²) >= 11 is 17.5. The largest absolute Gasteiger partial charge is 0.367 e. The van der Waals surface area contributed by atoms with Crippen molar-refractivity contribution >= 4 is 70.2 Å². The van der Waals surface area contributed by atoms with E-state index in [-0.39, 0.29) is 22.9 Å². The predicted octanol–water partition coefficient (Wildman–Crippen LogP) is 4.50. The molecule has 2 aromatic carbocycles. The number of benzene rings is 2. The Morgan fingerprint density at radius 2 is 1.58 bits per heavy atom. The van der Waals surface area contributed by atoms with E-state index < -0.39 is 0 Å². The maximum Gasteiger partial charge on any atom is 0.234 e.